The number of hydrogen-bond donors (Lipinski definition) is 1. The number of nitrogens with zero attached hydrogens (tertiary/aromatic N) is 2. The second-order valence-corrected chi connectivity index (χ2v) is 5.85. The van der Waals surface area contributed by atoms with E-state index in [1.54, 1.807) is 0 Å². The fraction of sp³-hybridized carbons (Fsp3) is 1.00. The highest BCUT2D eigenvalue weighted by Crippen LogP contribution is 2.24. The molecule has 1 atom stereocenters. The fourth-order valence-corrected chi connectivity index (χ4v) is 3.55. The summed E-state index contributed by atoms with van der Waals surface area (Å²) in [6.45, 7) is 4.41. The van der Waals surface area contributed by atoms with Gasteiger partial charge in [-0.1, -0.05) is 19.3 Å². The third kappa shape index (κ3) is 3.67. The molecular formula is C14H29N3. The topological polar surface area (TPSA) is 32.5 Å². The average molecular weight is 239 g/mol. The van der Waals surface area contributed by atoms with Gasteiger partial charge in [0, 0.05) is 31.7 Å². The molecular weight excluding hydrogens is 210 g/mol. The molecule has 17 heavy (non-hydrogen) atoms. The van der Waals surface area contributed by atoms with Gasteiger partial charge in [-0.25, -0.2) is 0 Å². The Morgan fingerprint density at radius 1 is 1.12 bits per heavy atom. The lowest BCUT2D eigenvalue weighted by Crippen LogP contribution is -2.49. The predicted octanol–water partition coefficient (Wildman–Crippen LogP) is 1.67. The van der Waals surface area contributed by atoms with E-state index in [1.807, 2.05) is 0 Å². The van der Waals surface area contributed by atoms with Gasteiger partial charge in [-0.2, -0.15) is 0 Å². The molecule has 3 nitrogen and oxygen atoms in total. The number of piperidine rings is 1. The van der Waals surface area contributed by atoms with Crippen molar-refractivity contribution in [2.24, 2.45) is 5.73 Å². The maximum atomic E-state index is 5.72. The molecule has 1 unspecified atom stereocenters. The van der Waals surface area contributed by atoms with Crippen molar-refractivity contribution in [3.05, 3.63) is 0 Å². The lowest BCUT2D eigenvalue weighted by Gasteiger charge is -2.39. The zero-order chi connectivity index (χ0) is 12.1. The van der Waals surface area contributed by atoms with Crippen molar-refractivity contribution in [1.29, 1.82) is 0 Å². The molecule has 2 fully saturated rings. The first-order valence-electron chi connectivity index (χ1n) is 7.45. The normalized spacial score (nSPS) is 28.1. The Kier molecular flexibility index (Phi) is 5.26. The molecule has 1 heterocycles. The Labute approximate surface area is 106 Å². The van der Waals surface area contributed by atoms with Crippen LogP contribution in [0, 0.1) is 0 Å². The van der Waals surface area contributed by atoms with Gasteiger partial charge in [-0.3, -0.25) is 4.90 Å². The zero-order valence-corrected chi connectivity index (χ0v) is 11.4. The second-order valence-electron chi connectivity index (χ2n) is 5.85. The molecule has 2 aliphatic rings. The highest BCUT2D eigenvalue weighted by Gasteiger charge is 2.26. The van der Waals surface area contributed by atoms with Crippen LogP contribution in [0.1, 0.15) is 44.9 Å². The fourth-order valence-electron chi connectivity index (χ4n) is 3.55. The van der Waals surface area contributed by atoms with E-state index in [0.717, 1.165) is 25.2 Å². The summed E-state index contributed by atoms with van der Waals surface area (Å²) in [6, 6.07) is 1.62. The first kappa shape index (κ1) is 13.3. The minimum Gasteiger partial charge on any atom is -0.329 e. The van der Waals surface area contributed by atoms with Crippen LogP contribution in [0.3, 0.4) is 0 Å². The van der Waals surface area contributed by atoms with Crippen LogP contribution in [-0.4, -0.2) is 55.1 Å². The molecule has 100 valence electrons. The van der Waals surface area contributed by atoms with Gasteiger partial charge in [-0.05, 0) is 39.3 Å². The third-order valence-corrected chi connectivity index (χ3v) is 4.61. The Bertz CT molecular complexity index is 212. The Morgan fingerprint density at radius 2 is 1.82 bits per heavy atom. The molecule has 1 saturated heterocycles. The molecule has 2 rings (SSSR count). The molecule has 0 bridgehead atoms. The van der Waals surface area contributed by atoms with Gasteiger partial charge < -0.3 is 10.6 Å². The molecule has 2 N–H and O–H groups in total. The predicted molar refractivity (Wildman–Crippen MR) is 73.2 cm³/mol. The molecule has 1 saturated carbocycles. The van der Waals surface area contributed by atoms with Crippen molar-refractivity contribution in [3.8, 4) is 0 Å². The van der Waals surface area contributed by atoms with Crippen LogP contribution < -0.4 is 5.73 Å². The van der Waals surface area contributed by atoms with Gasteiger partial charge in [0.15, 0.2) is 0 Å². The van der Waals surface area contributed by atoms with Crippen molar-refractivity contribution >= 4 is 0 Å². The average Bonchev–Trinajstić information content (AvgIpc) is 2.85. The van der Waals surface area contributed by atoms with Crippen LogP contribution in [0.15, 0.2) is 0 Å². The largest absolute Gasteiger partial charge is 0.329 e. The lowest BCUT2D eigenvalue weighted by molar-refractivity contribution is 0.101. The molecule has 3 heteroatoms. The van der Waals surface area contributed by atoms with Crippen molar-refractivity contribution in [2.75, 3.05) is 33.2 Å². The minimum absolute atomic E-state index is 0.762. The quantitative estimate of drug-likeness (QED) is 0.792. The summed E-state index contributed by atoms with van der Waals surface area (Å²) in [5.74, 6) is 0. The van der Waals surface area contributed by atoms with E-state index in [0.29, 0.717) is 0 Å². The van der Waals surface area contributed by atoms with Crippen LogP contribution in [0.5, 0.6) is 0 Å². The maximum absolute atomic E-state index is 5.72. The van der Waals surface area contributed by atoms with Crippen LogP contribution >= 0.6 is 0 Å². The number of hydrogen-bond acceptors (Lipinski definition) is 3. The Hall–Kier alpha value is -0.120. The zero-order valence-electron chi connectivity index (χ0n) is 11.4. The SMILES string of the molecule is CN(CC1CCCCN1CCN)C1CCCC1. The number of rotatable bonds is 5. The van der Waals surface area contributed by atoms with E-state index in [1.165, 1.54) is 58.0 Å². The van der Waals surface area contributed by atoms with Gasteiger partial charge in [0.2, 0.25) is 0 Å². The van der Waals surface area contributed by atoms with E-state index < -0.39 is 0 Å². The Morgan fingerprint density at radius 3 is 2.53 bits per heavy atom. The molecule has 1 aliphatic heterocycles. The van der Waals surface area contributed by atoms with Gasteiger partial charge in [0.05, 0.1) is 0 Å². The molecule has 0 spiro atoms. The first-order valence-corrected chi connectivity index (χ1v) is 7.45. The Balaban J connectivity index is 1.81. The lowest BCUT2D eigenvalue weighted by atomic mass is 10.0. The van der Waals surface area contributed by atoms with Crippen molar-refractivity contribution < 1.29 is 0 Å². The number of likely N-dealkylation sites (N-methyl/N-ethyl adjacent to an activating group) is 1. The van der Waals surface area contributed by atoms with Crippen molar-refractivity contribution in [3.63, 3.8) is 0 Å². The molecule has 0 amide bonds. The van der Waals surface area contributed by atoms with E-state index in [-0.39, 0.29) is 0 Å². The summed E-state index contributed by atoms with van der Waals surface area (Å²) in [4.78, 5) is 5.24. The van der Waals surface area contributed by atoms with E-state index in [9.17, 15) is 0 Å². The molecule has 0 radical (unpaired) electrons. The minimum atomic E-state index is 0.762. The van der Waals surface area contributed by atoms with Crippen LogP contribution in [0.4, 0.5) is 0 Å². The van der Waals surface area contributed by atoms with Gasteiger partial charge in [0.25, 0.3) is 0 Å². The summed E-state index contributed by atoms with van der Waals surface area (Å²) < 4.78 is 0. The molecule has 0 aromatic carbocycles. The van der Waals surface area contributed by atoms with Crippen LogP contribution in [0.25, 0.3) is 0 Å². The standard InChI is InChI=1S/C14H29N3/c1-16(13-6-2-3-7-13)12-14-8-4-5-10-17(14)11-9-15/h13-14H,2-12,15H2,1H3. The molecule has 0 aromatic rings. The van der Waals surface area contributed by atoms with Crippen molar-refractivity contribution in [1.82, 2.24) is 9.80 Å². The number of nitrogens with two attached hydrogens (primary N) is 1. The highest BCUT2D eigenvalue weighted by atomic mass is 15.2. The summed E-state index contributed by atoms with van der Waals surface area (Å²) >= 11 is 0. The molecule has 1 aliphatic carbocycles. The van der Waals surface area contributed by atoms with Crippen LogP contribution in [0.2, 0.25) is 0 Å². The van der Waals surface area contributed by atoms with E-state index >= 15 is 0 Å². The smallest absolute Gasteiger partial charge is 0.0223 e. The van der Waals surface area contributed by atoms with E-state index in [4.69, 9.17) is 5.73 Å². The first-order chi connectivity index (χ1) is 8.31. The summed E-state index contributed by atoms with van der Waals surface area (Å²) in [7, 11) is 2.32. The highest BCUT2D eigenvalue weighted by molar-refractivity contribution is 4.83. The monoisotopic (exact) mass is 239 g/mol. The van der Waals surface area contributed by atoms with Gasteiger partial charge in [0.1, 0.15) is 0 Å². The van der Waals surface area contributed by atoms with Crippen molar-refractivity contribution in [2.45, 2.75) is 57.0 Å². The van der Waals surface area contributed by atoms with E-state index in [2.05, 4.69) is 16.8 Å². The summed E-state index contributed by atoms with van der Waals surface area (Å²) in [6.07, 6.45) is 9.85. The van der Waals surface area contributed by atoms with Gasteiger partial charge in [-0.15, -0.1) is 0 Å². The number of likely N-dealkylation sites (tertiary alicyclic amines) is 1. The maximum Gasteiger partial charge on any atom is 0.0223 e. The summed E-state index contributed by atoms with van der Waals surface area (Å²) in [5, 5.41) is 0. The van der Waals surface area contributed by atoms with Crippen LogP contribution in [-0.2, 0) is 0 Å². The second kappa shape index (κ2) is 6.72. The summed E-state index contributed by atoms with van der Waals surface area (Å²) in [5.41, 5.74) is 5.72. The molecule has 0 aromatic heterocycles. The third-order valence-electron chi connectivity index (χ3n) is 4.61. The van der Waals surface area contributed by atoms with Gasteiger partial charge >= 0.3 is 0 Å².